The molecule has 3 nitrogen and oxygen atoms in total. The van der Waals surface area contributed by atoms with Gasteiger partial charge in [0.15, 0.2) is 0 Å². The van der Waals surface area contributed by atoms with Crippen molar-refractivity contribution < 1.29 is 0 Å². The zero-order chi connectivity index (χ0) is 11.7. The number of anilines is 1. The molecule has 16 heavy (non-hydrogen) atoms. The van der Waals surface area contributed by atoms with Gasteiger partial charge in [0.2, 0.25) is 0 Å². The van der Waals surface area contributed by atoms with Gasteiger partial charge in [0.05, 0.1) is 5.69 Å². The summed E-state index contributed by atoms with van der Waals surface area (Å²) < 4.78 is 0. The van der Waals surface area contributed by atoms with Gasteiger partial charge in [0.1, 0.15) is 5.82 Å². The summed E-state index contributed by atoms with van der Waals surface area (Å²) >= 11 is 0. The predicted molar refractivity (Wildman–Crippen MR) is 67.3 cm³/mol. The maximum Gasteiger partial charge on any atom is 0.149 e. The summed E-state index contributed by atoms with van der Waals surface area (Å²) in [4.78, 5) is 0. The Kier molecular flexibility index (Phi) is 2.69. The maximum absolute atomic E-state index is 5.85. The van der Waals surface area contributed by atoms with Crippen LogP contribution in [0.3, 0.4) is 0 Å². The standard InChI is InChI=1S/C13H17N3/c1-4-10-12(15-16-13(10)14)11-8(2)6-5-7-9(11)3/h5-7H,4H2,1-3H3,(H3,14,15,16). The van der Waals surface area contributed by atoms with Crippen molar-refractivity contribution >= 4 is 5.82 Å². The number of nitrogens with two attached hydrogens (primary N) is 1. The Labute approximate surface area is 95.7 Å². The van der Waals surface area contributed by atoms with E-state index in [1.54, 1.807) is 0 Å². The van der Waals surface area contributed by atoms with Gasteiger partial charge in [-0.05, 0) is 31.4 Å². The Morgan fingerprint density at radius 1 is 1.25 bits per heavy atom. The zero-order valence-corrected chi connectivity index (χ0v) is 9.96. The molecule has 0 spiro atoms. The molecule has 3 N–H and O–H groups in total. The van der Waals surface area contributed by atoms with Crippen LogP contribution in [0.15, 0.2) is 18.2 Å². The quantitative estimate of drug-likeness (QED) is 0.809. The molecule has 0 aliphatic heterocycles. The summed E-state index contributed by atoms with van der Waals surface area (Å²) in [5.41, 5.74) is 11.7. The number of rotatable bonds is 2. The van der Waals surface area contributed by atoms with Crippen molar-refractivity contribution in [2.24, 2.45) is 0 Å². The second-order valence-corrected chi connectivity index (χ2v) is 4.08. The van der Waals surface area contributed by atoms with Gasteiger partial charge < -0.3 is 5.73 Å². The van der Waals surface area contributed by atoms with Gasteiger partial charge in [0, 0.05) is 11.1 Å². The Bertz CT molecular complexity index is 492. The number of aromatic amines is 1. The second kappa shape index (κ2) is 4.00. The molecular formula is C13H17N3. The second-order valence-electron chi connectivity index (χ2n) is 4.08. The molecule has 0 amide bonds. The molecule has 0 aliphatic rings. The Hall–Kier alpha value is -1.77. The van der Waals surface area contributed by atoms with Crippen LogP contribution in [-0.4, -0.2) is 10.2 Å². The van der Waals surface area contributed by atoms with E-state index in [1.165, 1.54) is 16.7 Å². The SMILES string of the molecule is CCc1c(N)n[nH]c1-c1c(C)cccc1C. The molecule has 2 rings (SSSR count). The van der Waals surface area contributed by atoms with E-state index in [0.29, 0.717) is 5.82 Å². The van der Waals surface area contributed by atoms with Crippen LogP contribution in [0.5, 0.6) is 0 Å². The van der Waals surface area contributed by atoms with E-state index < -0.39 is 0 Å². The fourth-order valence-corrected chi connectivity index (χ4v) is 2.15. The van der Waals surface area contributed by atoms with E-state index in [0.717, 1.165) is 17.7 Å². The molecular weight excluding hydrogens is 198 g/mol. The van der Waals surface area contributed by atoms with Crippen LogP contribution in [-0.2, 0) is 6.42 Å². The van der Waals surface area contributed by atoms with Crippen LogP contribution in [0.1, 0.15) is 23.6 Å². The number of hydrogen-bond acceptors (Lipinski definition) is 2. The van der Waals surface area contributed by atoms with Crippen LogP contribution in [0, 0.1) is 13.8 Å². The van der Waals surface area contributed by atoms with Crippen LogP contribution in [0.25, 0.3) is 11.3 Å². The van der Waals surface area contributed by atoms with Crippen molar-refractivity contribution in [3.63, 3.8) is 0 Å². The molecule has 0 fully saturated rings. The first-order valence-electron chi connectivity index (χ1n) is 5.54. The average molecular weight is 215 g/mol. The molecule has 84 valence electrons. The third-order valence-electron chi connectivity index (χ3n) is 2.98. The van der Waals surface area contributed by atoms with Crippen molar-refractivity contribution in [1.82, 2.24) is 10.2 Å². The molecule has 3 heteroatoms. The number of nitrogens with zero attached hydrogens (tertiary/aromatic N) is 1. The van der Waals surface area contributed by atoms with Crippen LogP contribution < -0.4 is 5.73 Å². The van der Waals surface area contributed by atoms with E-state index in [-0.39, 0.29) is 0 Å². The molecule has 0 radical (unpaired) electrons. The molecule has 2 aromatic rings. The van der Waals surface area contributed by atoms with E-state index in [9.17, 15) is 0 Å². The van der Waals surface area contributed by atoms with E-state index in [4.69, 9.17) is 5.73 Å². The van der Waals surface area contributed by atoms with Gasteiger partial charge in [-0.1, -0.05) is 25.1 Å². The van der Waals surface area contributed by atoms with Crippen molar-refractivity contribution in [3.8, 4) is 11.3 Å². The highest BCUT2D eigenvalue weighted by Crippen LogP contribution is 2.30. The lowest BCUT2D eigenvalue weighted by Gasteiger charge is -2.09. The van der Waals surface area contributed by atoms with Crippen LogP contribution in [0.4, 0.5) is 5.82 Å². The summed E-state index contributed by atoms with van der Waals surface area (Å²) in [6.07, 6.45) is 0.894. The summed E-state index contributed by atoms with van der Waals surface area (Å²) in [5.74, 6) is 0.611. The highest BCUT2D eigenvalue weighted by Gasteiger charge is 2.14. The number of nitrogen functional groups attached to an aromatic ring is 1. The fourth-order valence-electron chi connectivity index (χ4n) is 2.15. The first-order chi connectivity index (χ1) is 7.65. The highest BCUT2D eigenvalue weighted by molar-refractivity contribution is 5.73. The predicted octanol–water partition coefficient (Wildman–Crippen LogP) is 2.84. The lowest BCUT2D eigenvalue weighted by molar-refractivity contribution is 1.10. The zero-order valence-electron chi connectivity index (χ0n) is 9.96. The molecule has 0 aliphatic carbocycles. The highest BCUT2D eigenvalue weighted by atomic mass is 15.2. The first kappa shape index (κ1) is 10.7. The van der Waals surface area contributed by atoms with E-state index >= 15 is 0 Å². The smallest absolute Gasteiger partial charge is 0.149 e. The van der Waals surface area contributed by atoms with Gasteiger partial charge in [-0.3, -0.25) is 5.10 Å². The van der Waals surface area contributed by atoms with E-state index in [2.05, 4.69) is 49.2 Å². The number of aromatic nitrogens is 2. The van der Waals surface area contributed by atoms with Gasteiger partial charge >= 0.3 is 0 Å². The van der Waals surface area contributed by atoms with Crippen molar-refractivity contribution in [1.29, 1.82) is 0 Å². The largest absolute Gasteiger partial charge is 0.382 e. The molecule has 0 atom stereocenters. The number of hydrogen-bond donors (Lipinski definition) is 2. The van der Waals surface area contributed by atoms with Crippen molar-refractivity contribution in [3.05, 3.63) is 34.9 Å². The van der Waals surface area contributed by atoms with Gasteiger partial charge in [-0.25, -0.2) is 0 Å². The lowest BCUT2D eigenvalue weighted by atomic mass is 9.97. The lowest BCUT2D eigenvalue weighted by Crippen LogP contribution is -1.93. The molecule has 1 heterocycles. The maximum atomic E-state index is 5.85. The van der Waals surface area contributed by atoms with E-state index in [1.807, 2.05) is 0 Å². The summed E-state index contributed by atoms with van der Waals surface area (Å²) in [6, 6.07) is 6.29. The monoisotopic (exact) mass is 215 g/mol. The van der Waals surface area contributed by atoms with Gasteiger partial charge in [-0.2, -0.15) is 5.10 Å². The summed E-state index contributed by atoms with van der Waals surface area (Å²) in [7, 11) is 0. The molecule has 1 aromatic carbocycles. The summed E-state index contributed by atoms with van der Waals surface area (Å²) in [6.45, 7) is 6.32. The minimum absolute atomic E-state index is 0.611. The number of aryl methyl sites for hydroxylation is 2. The van der Waals surface area contributed by atoms with Gasteiger partial charge in [0.25, 0.3) is 0 Å². The van der Waals surface area contributed by atoms with Crippen molar-refractivity contribution in [2.75, 3.05) is 5.73 Å². The third kappa shape index (κ3) is 1.58. The molecule has 0 saturated carbocycles. The Morgan fingerprint density at radius 2 is 1.88 bits per heavy atom. The first-order valence-corrected chi connectivity index (χ1v) is 5.54. The van der Waals surface area contributed by atoms with Crippen LogP contribution >= 0.6 is 0 Å². The number of H-pyrrole nitrogens is 1. The molecule has 1 aromatic heterocycles. The average Bonchev–Trinajstić information content (AvgIpc) is 2.59. The Morgan fingerprint density at radius 3 is 2.44 bits per heavy atom. The number of benzene rings is 1. The topological polar surface area (TPSA) is 54.7 Å². The summed E-state index contributed by atoms with van der Waals surface area (Å²) in [5, 5.41) is 7.15. The van der Waals surface area contributed by atoms with Gasteiger partial charge in [-0.15, -0.1) is 0 Å². The fraction of sp³-hybridized carbons (Fsp3) is 0.308. The Balaban J connectivity index is 2.67. The van der Waals surface area contributed by atoms with Crippen LogP contribution in [0.2, 0.25) is 0 Å². The van der Waals surface area contributed by atoms with Crippen molar-refractivity contribution in [2.45, 2.75) is 27.2 Å². The normalized spacial score (nSPS) is 10.7. The minimum atomic E-state index is 0.611. The molecule has 0 bridgehead atoms. The molecule has 0 saturated heterocycles. The third-order valence-corrected chi connectivity index (χ3v) is 2.98. The number of nitrogens with one attached hydrogen (secondary N) is 1. The molecule has 0 unspecified atom stereocenters. The minimum Gasteiger partial charge on any atom is -0.382 e.